The SMILES string of the molecule is C=CS(=O)(=O)CCCCCC(=O)N(CCOC12CC3(C)CC(C)(CC(Cn4ncc(-c5ccc(N6CCc7cccc(C(=O)Nc8nc9ccccc9s8)c7C6)nc5C(=O)O)c4C)(C3)C1)C2)CCS(=O)(=O)O. The molecule has 1 aliphatic heterocycles. The molecule has 3 N–H and O–H groups in total. The Hall–Kier alpha value is -5.54. The monoisotopic (exact) mass is 1040 g/mol. The summed E-state index contributed by atoms with van der Waals surface area (Å²) in [4.78, 5) is 52.9. The number of carbonyl (C=O) groups excluding carboxylic acids is 2. The van der Waals surface area contributed by atoms with Crippen LogP contribution in [0.25, 0.3) is 21.3 Å². The van der Waals surface area contributed by atoms with E-state index in [4.69, 9.17) is 14.8 Å². The maximum Gasteiger partial charge on any atom is 0.355 e. The number of thiazole rings is 1. The van der Waals surface area contributed by atoms with Crippen molar-refractivity contribution in [3.05, 3.63) is 101 Å². The fourth-order valence-electron chi connectivity index (χ4n) is 13.4. The first-order chi connectivity index (χ1) is 34.1. The van der Waals surface area contributed by atoms with Gasteiger partial charge in [-0.3, -0.25) is 24.1 Å². The van der Waals surface area contributed by atoms with E-state index in [1.807, 2.05) is 59.0 Å². The lowest BCUT2D eigenvalue weighted by Gasteiger charge is -2.69. The molecule has 4 heterocycles. The largest absolute Gasteiger partial charge is 0.476 e. The van der Waals surface area contributed by atoms with Gasteiger partial charge in [0, 0.05) is 66.9 Å². The minimum Gasteiger partial charge on any atom is -0.476 e. The van der Waals surface area contributed by atoms with Crippen LogP contribution in [-0.4, -0.2) is 112 Å². The number of pyridine rings is 1. The van der Waals surface area contributed by atoms with Gasteiger partial charge < -0.3 is 19.6 Å². The van der Waals surface area contributed by atoms with Crippen molar-refractivity contribution >= 4 is 70.2 Å². The topological polar surface area (TPSA) is 231 Å². The van der Waals surface area contributed by atoms with Crippen molar-refractivity contribution in [2.45, 2.75) is 110 Å². The number of benzene rings is 2. The Kier molecular flexibility index (Phi) is 14.1. The molecule has 4 saturated carbocycles. The van der Waals surface area contributed by atoms with E-state index in [0.29, 0.717) is 73.0 Å². The number of amides is 2. The van der Waals surface area contributed by atoms with Gasteiger partial charge in [0.25, 0.3) is 16.0 Å². The molecule has 4 fully saturated rings. The number of hydrogen-bond acceptors (Lipinski definition) is 13. The van der Waals surface area contributed by atoms with E-state index in [-0.39, 0.29) is 65.6 Å². The van der Waals surface area contributed by atoms with Crippen molar-refractivity contribution in [2.75, 3.05) is 48.0 Å². The molecule has 0 radical (unpaired) electrons. The summed E-state index contributed by atoms with van der Waals surface area (Å²) >= 11 is 1.41. The van der Waals surface area contributed by atoms with Crippen LogP contribution in [0.4, 0.5) is 10.9 Å². The van der Waals surface area contributed by atoms with Crippen molar-refractivity contribution in [3.63, 3.8) is 0 Å². The zero-order valence-electron chi connectivity index (χ0n) is 41.1. The van der Waals surface area contributed by atoms with Crippen LogP contribution in [0, 0.1) is 23.2 Å². The van der Waals surface area contributed by atoms with Crippen LogP contribution in [0.15, 0.2) is 72.8 Å². The summed E-state index contributed by atoms with van der Waals surface area (Å²) in [6, 6.07) is 17.1. The molecule has 2 atom stereocenters. The molecule has 2 aromatic carbocycles. The zero-order valence-corrected chi connectivity index (χ0v) is 43.5. The molecule has 2 amide bonds. The Labute approximate surface area is 424 Å². The molecule has 2 unspecified atom stereocenters. The number of sulfone groups is 1. The highest BCUT2D eigenvalue weighted by molar-refractivity contribution is 7.94. The highest BCUT2D eigenvalue weighted by Crippen LogP contribution is 2.72. The second kappa shape index (κ2) is 19.7. The summed E-state index contributed by atoms with van der Waals surface area (Å²) in [7, 11) is -7.68. The molecule has 4 bridgehead atoms. The van der Waals surface area contributed by atoms with Crippen molar-refractivity contribution < 1.29 is 45.6 Å². The predicted octanol–water partition coefficient (Wildman–Crippen LogP) is 8.35. The van der Waals surface area contributed by atoms with Crippen LogP contribution in [0.3, 0.4) is 0 Å². The molecule has 20 heteroatoms. The standard InChI is InChI=1S/C52H63N7O10S3/c1-5-71(64,65)24-10-6-7-16-44(60)57(22-25-72(66,67)68)21-23-69-52-31-49(3)28-50(4,32-52)30-51(29-49,33-52)34-59-35(2)39(26-53-59)37-17-18-43(55-45(37)47(62)63)58-20-19-36-12-11-13-38(40(36)27-58)46(61)56-48-54-41-14-8-9-15-42(41)70-48/h5,8-9,11-15,17-18,26H,1,6-7,10,16,19-25,27-34H2,2-4H3,(H,62,63)(H,54,56,61)(H,66,67,68). The number of unbranched alkanes of at least 4 members (excludes halogenated alkanes) is 2. The predicted molar refractivity (Wildman–Crippen MR) is 276 cm³/mol. The molecule has 5 aromatic rings. The highest BCUT2D eigenvalue weighted by Gasteiger charge is 2.66. The van der Waals surface area contributed by atoms with Crippen LogP contribution < -0.4 is 10.2 Å². The molecule has 0 spiro atoms. The van der Waals surface area contributed by atoms with E-state index in [1.165, 1.54) is 16.2 Å². The number of carboxylic acid groups (broad SMARTS) is 1. The lowest BCUT2D eigenvalue weighted by atomic mass is 9.39. The van der Waals surface area contributed by atoms with Crippen molar-refractivity contribution in [1.82, 2.24) is 24.6 Å². The normalized spacial score (nSPS) is 23.5. The minimum absolute atomic E-state index is 0.0287. The molecular formula is C52H63N7O10S3. The van der Waals surface area contributed by atoms with E-state index in [0.717, 1.165) is 71.0 Å². The number of fused-ring (bicyclic) bond motifs is 2. The first-order valence-corrected chi connectivity index (χ1v) is 28.7. The van der Waals surface area contributed by atoms with Crippen LogP contribution >= 0.6 is 11.3 Å². The van der Waals surface area contributed by atoms with Gasteiger partial charge in [0.2, 0.25) is 5.91 Å². The quantitative estimate of drug-likeness (QED) is 0.0463. The first kappa shape index (κ1) is 51.4. The highest BCUT2D eigenvalue weighted by atomic mass is 32.2. The zero-order chi connectivity index (χ0) is 51.3. The number of hydrogen-bond donors (Lipinski definition) is 3. The molecule has 0 saturated heterocycles. The Morgan fingerprint density at radius 1 is 0.903 bits per heavy atom. The number of nitrogens with zero attached hydrogens (tertiary/aromatic N) is 6. The second-order valence-electron chi connectivity index (χ2n) is 21.5. The molecule has 384 valence electrons. The average molecular weight is 1040 g/mol. The summed E-state index contributed by atoms with van der Waals surface area (Å²) in [5.41, 5.74) is 4.36. The maximum absolute atomic E-state index is 13.7. The van der Waals surface area contributed by atoms with Crippen LogP contribution in [0.2, 0.25) is 0 Å². The van der Waals surface area contributed by atoms with Gasteiger partial charge in [0.05, 0.1) is 40.1 Å². The Morgan fingerprint density at radius 2 is 1.67 bits per heavy atom. The Morgan fingerprint density at radius 3 is 2.39 bits per heavy atom. The number of rotatable bonds is 21. The summed E-state index contributed by atoms with van der Waals surface area (Å²) in [6.45, 7) is 11.6. The van der Waals surface area contributed by atoms with Crippen molar-refractivity contribution in [2.24, 2.45) is 16.2 Å². The fourth-order valence-corrected chi connectivity index (χ4v) is 15.5. The molecule has 4 aliphatic carbocycles. The third-order valence-electron chi connectivity index (χ3n) is 15.3. The number of anilines is 2. The van der Waals surface area contributed by atoms with Crippen molar-refractivity contribution in [1.29, 1.82) is 0 Å². The summed E-state index contributed by atoms with van der Waals surface area (Å²) < 4.78 is 66.5. The molecule has 3 aromatic heterocycles. The molecule has 5 aliphatic rings. The number of carbonyl (C=O) groups is 3. The number of carboxylic acids is 1. The first-order valence-electron chi connectivity index (χ1n) is 24.6. The van der Waals surface area contributed by atoms with Crippen LogP contribution in [0.1, 0.15) is 116 Å². The van der Waals surface area contributed by atoms with Gasteiger partial charge in [-0.2, -0.15) is 13.5 Å². The van der Waals surface area contributed by atoms with E-state index in [1.54, 1.807) is 18.3 Å². The summed E-state index contributed by atoms with van der Waals surface area (Å²) in [5.74, 6) is -1.88. The van der Waals surface area contributed by atoms with Gasteiger partial charge >= 0.3 is 5.97 Å². The Bertz CT molecular complexity index is 3120. The van der Waals surface area contributed by atoms with Gasteiger partial charge in [-0.05, 0) is 122 Å². The third-order valence-corrected chi connectivity index (χ3v) is 18.3. The fraction of sp³-hybridized carbons (Fsp3) is 0.500. The Balaban J connectivity index is 0.889. The second-order valence-corrected chi connectivity index (χ2v) is 26.1. The number of para-hydroxylation sites is 1. The van der Waals surface area contributed by atoms with Gasteiger partial charge in [-0.25, -0.2) is 23.2 Å². The molecule has 72 heavy (non-hydrogen) atoms. The minimum atomic E-state index is -4.34. The molecule has 10 rings (SSSR count). The lowest BCUT2D eigenvalue weighted by Crippen LogP contribution is -2.64. The van der Waals surface area contributed by atoms with Gasteiger partial charge in [-0.1, -0.05) is 62.4 Å². The number of aromatic carboxylic acids is 1. The van der Waals surface area contributed by atoms with Crippen LogP contribution in [0.5, 0.6) is 0 Å². The number of ether oxygens (including phenoxy) is 1. The lowest BCUT2D eigenvalue weighted by molar-refractivity contribution is -0.248. The summed E-state index contributed by atoms with van der Waals surface area (Å²) in [5, 5.41) is 20.0. The van der Waals surface area contributed by atoms with Gasteiger partial charge in [-0.15, -0.1) is 0 Å². The molecule has 17 nitrogen and oxygen atoms in total. The van der Waals surface area contributed by atoms with Crippen molar-refractivity contribution in [3.8, 4) is 11.1 Å². The third kappa shape index (κ3) is 11.2. The van der Waals surface area contributed by atoms with E-state index >= 15 is 0 Å². The number of aromatic nitrogens is 4. The smallest absolute Gasteiger partial charge is 0.355 e. The van der Waals surface area contributed by atoms with Gasteiger partial charge in [0.1, 0.15) is 5.82 Å². The number of nitrogens with one attached hydrogen (secondary N) is 1. The average Bonchev–Trinajstić information content (AvgIpc) is 3.88. The summed E-state index contributed by atoms with van der Waals surface area (Å²) in [6.07, 6.45) is 9.18. The van der Waals surface area contributed by atoms with E-state index in [9.17, 15) is 40.9 Å². The van der Waals surface area contributed by atoms with Gasteiger partial charge in [0.15, 0.2) is 20.7 Å². The molecular weight excluding hydrogens is 979 g/mol. The van der Waals surface area contributed by atoms with E-state index < -0.39 is 37.3 Å². The van der Waals surface area contributed by atoms with E-state index in [2.05, 4.69) is 30.7 Å². The van der Waals surface area contributed by atoms with Crippen LogP contribution in [-0.2, 0) is 49.0 Å². The maximum atomic E-state index is 13.7.